The molecule has 4 aliphatic heterocycles. The molecule has 2 N–H and O–H groups in total. The Morgan fingerprint density at radius 2 is 1.79 bits per heavy atom. The van der Waals surface area contributed by atoms with Crippen molar-refractivity contribution in [3.05, 3.63) is 22.5 Å². The van der Waals surface area contributed by atoms with E-state index < -0.39 is 36.6 Å². The predicted octanol–water partition coefficient (Wildman–Crippen LogP) is -1.44. The first kappa shape index (κ1) is 22.2. The number of piperidine rings is 1. The molecule has 0 aromatic heterocycles. The van der Waals surface area contributed by atoms with Gasteiger partial charge < -0.3 is 14.9 Å². The first-order chi connectivity index (χ1) is 15.9. The summed E-state index contributed by atoms with van der Waals surface area (Å²) in [7, 11) is 3.28. The molecule has 5 rings (SSSR count). The maximum atomic E-state index is 13.7. The standard InChI is InChI=1S/C23H27N5O5/c1-10-21(31)17-16(22(32)23(10)33-3)15(9-30)28-14(8-25)12-6-11-13(7-24)27(4-5-29)19(17)20(28)18(11)26(12)2/h11-15,18-20,29-30H,4-6,9H2,1-3H3/t11-,12+,13?,14?,15?,18?,19?,20?/m0/s1. The summed E-state index contributed by atoms with van der Waals surface area (Å²) in [6.45, 7) is 1.06. The van der Waals surface area contributed by atoms with E-state index in [4.69, 9.17) is 4.74 Å². The van der Waals surface area contributed by atoms with Crippen LogP contribution >= 0.6 is 0 Å². The van der Waals surface area contributed by atoms with Crippen LogP contribution in [-0.4, -0.2) is 113 Å². The van der Waals surface area contributed by atoms with Crippen LogP contribution < -0.4 is 0 Å². The highest BCUT2D eigenvalue weighted by molar-refractivity contribution is 6.25. The Kier molecular flexibility index (Phi) is 5.20. The second-order valence-corrected chi connectivity index (χ2v) is 9.46. The number of aliphatic hydroxyl groups is 2. The van der Waals surface area contributed by atoms with Crippen molar-refractivity contribution in [1.82, 2.24) is 14.7 Å². The first-order valence-corrected chi connectivity index (χ1v) is 11.2. The van der Waals surface area contributed by atoms with Gasteiger partial charge in [-0.3, -0.25) is 24.3 Å². The van der Waals surface area contributed by atoms with Crippen molar-refractivity contribution in [3.8, 4) is 12.1 Å². The molecule has 0 radical (unpaired) electrons. The molecule has 0 amide bonds. The average molecular weight is 453 g/mol. The number of carbonyl (C=O) groups is 2. The van der Waals surface area contributed by atoms with Crippen LogP contribution in [-0.2, 0) is 14.3 Å². The lowest BCUT2D eigenvalue weighted by molar-refractivity contribution is -0.130. The molecule has 0 aromatic carbocycles. The van der Waals surface area contributed by atoms with Crippen molar-refractivity contribution in [2.75, 3.05) is 33.9 Å². The van der Waals surface area contributed by atoms with Gasteiger partial charge in [0, 0.05) is 47.3 Å². The minimum absolute atomic E-state index is 0.0551. The van der Waals surface area contributed by atoms with Crippen LogP contribution in [0.4, 0.5) is 0 Å². The molecule has 2 bridgehead atoms. The molecule has 0 saturated carbocycles. The van der Waals surface area contributed by atoms with Gasteiger partial charge in [0.15, 0.2) is 11.5 Å². The average Bonchev–Trinajstić information content (AvgIpc) is 3.07. The molecule has 3 saturated heterocycles. The Bertz CT molecular complexity index is 1070. The van der Waals surface area contributed by atoms with Gasteiger partial charge in [-0.2, -0.15) is 10.5 Å². The summed E-state index contributed by atoms with van der Waals surface area (Å²) in [5.41, 5.74) is 0.603. The van der Waals surface area contributed by atoms with E-state index >= 15 is 0 Å². The van der Waals surface area contributed by atoms with Crippen LogP contribution in [0.15, 0.2) is 22.5 Å². The van der Waals surface area contributed by atoms with Crippen LogP contribution in [0.5, 0.6) is 0 Å². The van der Waals surface area contributed by atoms with Gasteiger partial charge in [-0.1, -0.05) is 0 Å². The van der Waals surface area contributed by atoms with Gasteiger partial charge in [0.2, 0.25) is 5.78 Å². The van der Waals surface area contributed by atoms with E-state index in [0.717, 1.165) is 0 Å². The summed E-state index contributed by atoms with van der Waals surface area (Å²) in [5.74, 6) is -0.954. The zero-order valence-electron chi connectivity index (χ0n) is 18.8. The summed E-state index contributed by atoms with van der Waals surface area (Å²) in [5, 5.41) is 40.7. The fraction of sp³-hybridized carbons (Fsp3) is 0.652. The van der Waals surface area contributed by atoms with Crippen LogP contribution in [0, 0.1) is 28.6 Å². The summed E-state index contributed by atoms with van der Waals surface area (Å²) in [4.78, 5) is 33.1. The molecule has 8 atom stereocenters. The van der Waals surface area contributed by atoms with Crippen LogP contribution in [0.1, 0.15) is 13.3 Å². The highest BCUT2D eigenvalue weighted by atomic mass is 16.5. The van der Waals surface area contributed by atoms with E-state index in [1.165, 1.54) is 7.11 Å². The van der Waals surface area contributed by atoms with Gasteiger partial charge in [0.05, 0.1) is 44.5 Å². The van der Waals surface area contributed by atoms with Gasteiger partial charge >= 0.3 is 0 Å². The summed E-state index contributed by atoms with van der Waals surface area (Å²) >= 11 is 0. The van der Waals surface area contributed by atoms with Crippen LogP contribution in [0.3, 0.4) is 0 Å². The number of hydrogen-bond donors (Lipinski definition) is 2. The molecule has 10 nitrogen and oxygen atoms in total. The monoisotopic (exact) mass is 453 g/mol. The van der Waals surface area contributed by atoms with Gasteiger partial charge in [-0.25, -0.2) is 0 Å². The highest BCUT2D eigenvalue weighted by Crippen LogP contribution is 2.53. The second kappa shape index (κ2) is 7.73. The van der Waals surface area contributed by atoms with Crippen LogP contribution in [0.2, 0.25) is 0 Å². The number of allylic oxidation sites excluding steroid dienone is 2. The number of hydrogen-bond acceptors (Lipinski definition) is 10. The molecular weight excluding hydrogens is 426 g/mol. The SMILES string of the molecule is COC1=C(C)C(=O)C2=C(C1=O)C(CO)N1C3C2N(CCO)C(C#N)[C@@H]2C[C@H](C1C#N)N(C)C32. The number of likely N-dealkylation sites (N-methyl/N-ethyl adjacent to an activating group) is 1. The maximum absolute atomic E-state index is 13.7. The van der Waals surface area contributed by atoms with E-state index in [1.54, 1.807) is 6.92 Å². The number of fused-ring (bicyclic) bond motifs is 2. The number of β-amino-alcohol motifs (C(OH)–C–C–N with tert-alkyl or cyclic N) is 1. The lowest BCUT2D eigenvalue weighted by Gasteiger charge is -2.62. The molecule has 10 heteroatoms. The number of methoxy groups -OCH3 is 1. The normalized spacial score (nSPS) is 40.6. The third kappa shape index (κ3) is 2.59. The number of carbonyl (C=O) groups excluding carboxylic acids is 2. The number of nitriles is 2. The smallest absolute Gasteiger partial charge is 0.226 e. The molecule has 174 valence electrons. The quantitative estimate of drug-likeness (QED) is 0.486. The Morgan fingerprint density at radius 3 is 2.36 bits per heavy atom. The number of aliphatic hydroxyl groups excluding tert-OH is 2. The van der Waals surface area contributed by atoms with Crippen molar-refractivity contribution in [3.63, 3.8) is 0 Å². The van der Waals surface area contributed by atoms with Gasteiger partial charge in [0.1, 0.15) is 12.1 Å². The Morgan fingerprint density at radius 1 is 1.09 bits per heavy atom. The Labute approximate surface area is 191 Å². The third-order valence-corrected chi connectivity index (χ3v) is 8.42. The maximum Gasteiger partial charge on any atom is 0.226 e. The van der Waals surface area contributed by atoms with Crippen molar-refractivity contribution in [2.24, 2.45) is 5.92 Å². The number of nitrogens with zero attached hydrogens (tertiary/aromatic N) is 5. The summed E-state index contributed by atoms with van der Waals surface area (Å²) in [6.07, 6.45) is 0.616. The Hall–Kier alpha value is -2.60. The summed E-state index contributed by atoms with van der Waals surface area (Å²) in [6, 6.07) is 1.42. The van der Waals surface area contributed by atoms with E-state index in [2.05, 4.69) is 17.0 Å². The van der Waals surface area contributed by atoms with E-state index in [9.17, 15) is 30.3 Å². The molecule has 5 aliphatic rings. The molecule has 0 aromatic rings. The number of rotatable bonds is 4. The van der Waals surface area contributed by atoms with Crippen molar-refractivity contribution in [1.29, 1.82) is 10.5 Å². The van der Waals surface area contributed by atoms with Crippen molar-refractivity contribution < 1.29 is 24.5 Å². The lowest BCUT2D eigenvalue weighted by atomic mass is 9.68. The minimum atomic E-state index is -0.826. The first-order valence-electron chi connectivity index (χ1n) is 11.2. The van der Waals surface area contributed by atoms with Crippen molar-refractivity contribution in [2.45, 2.75) is 55.6 Å². The fourth-order valence-corrected chi connectivity index (χ4v) is 7.30. The van der Waals surface area contributed by atoms with Gasteiger partial charge in [-0.15, -0.1) is 0 Å². The van der Waals surface area contributed by atoms with Gasteiger partial charge in [-0.05, 0) is 20.4 Å². The molecule has 3 fully saturated rings. The molecule has 33 heavy (non-hydrogen) atoms. The minimum Gasteiger partial charge on any atom is -0.492 e. The molecule has 1 aliphatic carbocycles. The lowest BCUT2D eigenvalue weighted by Crippen LogP contribution is -2.78. The zero-order valence-corrected chi connectivity index (χ0v) is 18.8. The predicted molar refractivity (Wildman–Crippen MR) is 113 cm³/mol. The fourth-order valence-electron chi connectivity index (χ4n) is 7.30. The number of piperazine rings is 1. The molecule has 6 unspecified atom stereocenters. The summed E-state index contributed by atoms with van der Waals surface area (Å²) < 4.78 is 5.28. The van der Waals surface area contributed by atoms with E-state index in [0.29, 0.717) is 6.42 Å². The van der Waals surface area contributed by atoms with Crippen molar-refractivity contribution >= 4 is 11.6 Å². The number of ether oxygens (including phenoxy) is 1. The molecular formula is C23H27N5O5. The molecule has 4 heterocycles. The highest BCUT2D eigenvalue weighted by Gasteiger charge is 2.68. The topological polar surface area (TPSA) is 141 Å². The van der Waals surface area contributed by atoms with Crippen LogP contribution in [0.25, 0.3) is 0 Å². The Balaban J connectivity index is 1.81. The van der Waals surface area contributed by atoms with E-state index in [-0.39, 0.29) is 65.5 Å². The second-order valence-electron chi connectivity index (χ2n) is 9.46. The number of Topliss-reactive ketones (excluding diaryl/α,β-unsaturated/α-hetero) is 2. The molecule has 0 spiro atoms. The zero-order chi connectivity index (χ0) is 23.8. The van der Waals surface area contributed by atoms with Gasteiger partial charge in [0.25, 0.3) is 0 Å². The van der Waals surface area contributed by atoms with E-state index in [1.807, 2.05) is 16.8 Å². The third-order valence-electron chi connectivity index (χ3n) is 8.42. The number of ketones is 2. The largest absolute Gasteiger partial charge is 0.492 e. The number of likely N-dealkylation sites (tertiary alicyclic amines) is 1.